The number of benzene rings is 2. The van der Waals surface area contributed by atoms with Crippen LogP contribution in [-0.4, -0.2) is 28.8 Å². The summed E-state index contributed by atoms with van der Waals surface area (Å²) in [6.45, 7) is 5.39. The largest absolute Gasteiger partial charge is 0.339 e. The average molecular weight is 498 g/mol. The van der Waals surface area contributed by atoms with Gasteiger partial charge in [-0.15, -0.1) is 0 Å². The lowest BCUT2D eigenvalue weighted by atomic mass is 9.90. The number of hydrazone groups is 1. The van der Waals surface area contributed by atoms with E-state index >= 15 is 0 Å². The molecule has 10 heteroatoms. The molecular weight excluding hydrogens is 475 g/mol. The number of nitrogens with zero attached hydrogens (tertiary/aromatic N) is 2. The molecule has 2 aromatic carbocycles. The predicted molar refractivity (Wildman–Crippen MR) is 126 cm³/mol. The summed E-state index contributed by atoms with van der Waals surface area (Å²) in [6.07, 6.45) is 0. The second-order valence-electron chi connectivity index (χ2n) is 7.88. The van der Waals surface area contributed by atoms with Gasteiger partial charge >= 0.3 is 0 Å². The van der Waals surface area contributed by atoms with Crippen molar-refractivity contribution < 1.29 is 14.8 Å². The van der Waals surface area contributed by atoms with Gasteiger partial charge in [0.2, 0.25) is 0 Å². The molecule has 0 aliphatic carbocycles. The summed E-state index contributed by atoms with van der Waals surface area (Å²) in [4.78, 5) is 25.1. The van der Waals surface area contributed by atoms with Crippen molar-refractivity contribution in [1.29, 1.82) is 0 Å². The van der Waals surface area contributed by atoms with E-state index in [4.69, 9.17) is 40.0 Å². The third kappa shape index (κ3) is 5.02. The van der Waals surface area contributed by atoms with Gasteiger partial charge in [-0.1, -0.05) is 67.7 Å². The van der Waals surface area contributed by atoms with Gasteiger partial charge in [-0.25, -0.2) is 5.48 Å². The lowest BCUT2D eigenvalue weighted by Crippen LogP contribution is -2.51. The summed E-state index contributed by atoms with van der Waals surface area (Å²) in [6, 6.07) is 11.0. The number of carbonyl (C=O) groups is 2. The smallest absolute Gasteiger partial charge is 0.268 e. The minimum atomic E-state index is -0.926. The summed E-state index contributed by atoms with van der Waals surface area (Å²) in [5.74, 6) is -1.82. The van der Waals surface area contributed by atoms with E-state index in [0.29, 0.717) is 20.8 Å². The van der Waals surface area contributed by atoms with Crippen LogP contribution in [0.3, 0.4) is 0 Å². The third-order valence-electron chi connectivity index (χ3n) is 5.33. The second-order valence-corrected chi connectivity index (χ2v) is 9.16. The first kappa shape index (κ1) is 24.3. The summed E-state index contributed by atoms with van der Waals surface area (Å²) in [5.41, 5.74) is 3.29. The fourth-order valence-corrected chi connectivity index (χ4v) is 4.28. The van der Waals surface area contributed by atoms with Gasteiger partial charge < -0.3 is 5.32 Å². The Balaban J connectivity index is 2.01. The van der Waals surface area contributed by atoms with E-state index in [0.717, 1.165) is 5.56 Å². The Kier molecular flexibility index (Phi) is 7.67. The van der Waals surface area contributed by atoms with Crippen LogP contribution >= 0.6 is 34.8 Å². The molecule has 0 saturated carbocycles. The Morgan fingerprint density at radius 3 is 2.25 bits per heavy atom. The Morgan fingerprint density at radius 1 is 1.06 bits per heavy atom. The lowest BCUT2D eigenvalue weighted by Gasteiger charge is -2.27. The maximum atomic E-state index is 13.1. The van der Waals surface area contributed by atoms with Gasteiger partial charge in [0.15, 0.2) is 0 Å². The molecule has 32 heavy (non-hydrogen) atoms. The molecule has 3 atom stereocenters. The van der Waals surface area contributed by atoms with E-state index in [1.165, 1.54) is 0 Å². The molecule has 2 aromatic rings. The number of carbonyl (C=O) groups excluding carboxylic acids is 2. The quantitative estimate of drug-likeness (QED) is 0.393. The van der Waals surface area contributed by atoms with E-state index in [2.05, 4.69) is 10.4 Å². The number of halogens is 3. The van der Waals surface area contributed by atoms with Gasteiger partial charge in [-0.2, -0.15) is 5.10 Å². The number of anilines is 1. The first-order valence-electron chi connectivity index (χ1n) is 9.97. The first-order valence-corrected chi connectivity index (χ1v) is 11.1. The van der Waals surface area contributed by atoms with Crippen LogP contribution in [0.5, 0.6) is 0 Å². The molecular formula is C22H23Cl3N4O3. The van der Waals surface area contributed by atoms with Crippen LogP contribution in [0.2, 0.25) is 15.1 Å². The van der Waals surface area contributed by atoms with Crippen molar-refractivity contribution in [1.82, 2.24) is 10.8 Å². The molecule has 1 aliphatic heterocycles. The molecule has 7 nitrogen and oxygen atoms in total. The highest BCUT2D eigenvalue weighted by molar-refractivity contribution is 6.41. The van der Waals surface area contributed by atoms with Crippen LogP contribution in [0.4, 0.5) is 5.69 Å². The van der Waals surface area contributed by atoms with Gasteiger partial charge in [-0.05, 0) is 41.8 Å². The predicted octanol–water partition coefficient (Wildman–Crippen LogP) is 4.85. The average Bonchev–Trinajstić information content (AvgIpc) is 3.08. The van der Waals surface area contributed by atoms with Crippen LogP contribution in [-0.2, 0) is 9.59 Å². The summed E-state index contributed by atoms with van der Waals surface area (Å²) in [5, 5.41) is 19.4. The van der Waals surface area contributed by atoms with Crippen molar-refractivity contribution in [2.75, 3.05) is 5.01 Å². The Morgan fingerprint density at radius 2 is 1.69 bits per heavy atom. The van der Waals surface area contributed by atoms with E-state index in [1.807, 2.05) is 19.1 Å². The maximum Gasteiger partial charge on any atom is 0.268 e. The van der Waals surface area contributed by atoms with Crippen LogP contribution in [0.15, 0.2) is 47.6 Å². The second kappa shape index (κ2) is 10.1. The summed E-state index contributed by atoms with van der Waals surface area (Å²) < 4.78 is 0. The number of hydrogen-bond donors (Lipinski definition) is 3. The minimum absolute atomic E-state index is 0.229. The molecule has 0 fully saturated rings. The van der Waals surface area contributed by atoms with Gasteiger partial charge in [-0.3, -0.25) is 19.8 Å². The Hall–Kier alpha value is -2.32. The molecule has 1 aliphatic rings. The zero-order valence-corrected chi connectivity index (χ0v) is 19.9. The normalized spacial score (nSPS) is 19.0. The Bertz CT molecular complexity index is 1040. The van der Waals surface area contributed by atoms with Crippen LogP contribution < -0.4 is 15.8 Å². The number of nitrogens with one attached hydrogen (secondary N) is 2. The molecule has 0 spiro atoms. The number of amides is 2. The van der Waals surface area contributed by atoms with Gasteiger partial charge in [0.1, 0.15) is 11.8 Å². The maximum absolute atomic E-state index is 13.1. The minimum Gasteiger partial charge on any atom is -0.339 e. The van der Waals surface area contributed by atoms with Crippen molar-refractivity contribution in [2.24, 2.45) is 16.9 Å². The zero-order chi connectivity index (χ0) is 23.6. The number of hydroxylamine groups is 1. The molecule has 2 unspecified atom stereocenters. The van der Waals surface area contributed by atoms with Gasteiger partial charge in [0.25, 0.3) is 11.8 Å². The van der Waals surface area contributed by atoms with E-state index < -0.39 is 17.9 Å². The third-order valence-corrected chi connectivity index (χ3v) is 6.12. The highest BCUT2D eigenvalue weighted by atomic mass is 35.5. The van der Waals surface area contributed by atoms with Crippen molar-refractivity contribution >= 4 is 58.0 Å². The molecule has 0 bridgehead atoms. The molecule has 0 radical (unpaired) electrons. The van der Waals surface area contributed by atoms with Crippen molar-refractivity contribution in [3.8, 4) is 0 Å². The number of rotatable bonds is 6. The SMILES string of the molecule is CC1C(C(=O)N[C@@H](C(=O)NO)C(C)C)=NN(c2ccc(Cl)cc2Cl)C1c1ccc(Cl)cc1. The molecule has 3 rings (SSSR count). The van der Waals surface area contributed by atoms with Gasteiger partial charge in [0.05, 0.1) is 16.8 Å². The van der Waals surface area contributed by atoms with E-state index in [-0.39, 0.29) is 23.6 Å². The standard InChI is InChI=1S/C22H23Cl3N4O3/c1-11(2)18(22(31)28-32)26-21(30)19-12(3)20(13-4-6-14(23)7-5-13)29(27-19)17-9-8-15(24)10-16(17)25/h4-12,18,20,32H,1-3H3,(H,26,30)(H,28,31)/t12?,18-,20?/m1/s1. The first-order chi connectivity index (χ1) is 15.1. The fraction of sp³-hybridized carbons (Fsp3) is 0.318. The van der Waals surface area contributed by atoms with Crippen molar-refractivity contribution in [2.45, 2.75) is 32.9 Å². The molecule has 3 N–H and O–H groups in total. The van der Waals surface area contributed by atoms with E-state index in [1.54, 1.807) is 54.7 Å². The highest BCUT2D eigenvalue weighted by Gasteiger charge is 2.41. The van der Waals surface area contributed by atoms with Crippen LogP contribution in [0, 0.1) is 11.8 Å². The van der Waals surface area contributed by atoms with Crippen LogP contribution in [0.1, 0.15) is 32.4 Å². The molecule has 0 saturated heterocycles. The summed E-state index contributed by atoms with van der Waals surface area (Å²) in [7, 11) is 0. The van der Waals surface area contributed by atoms with Gasteiger partial charge in [0, 0.05) is 16.0 Å². The van der Waals surface area contributed by atoms with E-state index in [9.17, 15) is 9.59 Å². The molecule has 1 heterocycles. The summed E-state index contributed by atoms with van der Waals surface area (Å²) >= 11 is 18.6. The lowest BCUT2D eigenvalue weighted by molar-refractivity contribution is -0.134. The molecule has 170 valence electrons. The topological polar surface area (TPSA) is 94.0 Å². The number of hydrogen-bond acceptors (Lipinski definition) is 5. The zero-order valence-electron chi connectivity index (χ0n) is 17.6. The van der Waals surface area contributed by atoms with Crippen LogP contribution in [0.25, 0.3) is 0 Å². The van der Waals surface area contributed by atoms with Crippen molar-refractivity contribution in [3.63, 3.8) is 0 Å². The highest BCUT2D eigenvalue weighted by Crippen LogP contribution is 2.42. The Labute approximate surface area is 201 Å². The molecule has 0 aromatic heterocycles. The molecule has 2 amide bonds. The van der Waals surface area contributed by atoms with Crippen molar-refractivity contribution in [3.05, 3.63) is 63.1 Å². The fourth-order valence-electron chi connectivity index (χ4n) is 3.66. The monoisotopic (exact) mass is 496 g/mol.